The van der Waals surface area contributed by atoms with E-state index in [4.69, 9.17) is 4.74 Å². The molecule has 0 aliphatic carbocycles. The summed E-state index contributed by atoms with van der Waals surface area (Å²) in [6, 6.07) is 16.8. The van der Waals surface area contributed by atoms with Crippen LogP contribution in [0.4, 0.5) is 5.69 Å². The van der Waals surface area contributed by atoms with Crippen molar-refractivity contribution >= 4 is 33.1 Å². The first-order valence-electron chi connectivity index (χ1n) is 9.60. The number of aromatic hydroxyl groups is 1. The minimum atomic E-state index is -0.268. The number of amides is 1. The van der Waals surface area contributed by atoms with Gasteiger partial charge >= 0.3 is 0 Å². The number of carbonyl (C=O) groups is 1. The first kappa shape index (κ1) is 19.9. The van der Waals surface area contributed by atoms with Gasteiger partial charge in [0.25, 0.3) is 5.91 Å². The molecule has 152 valence electrons. The highest BCUT2D eigenvalue weighted by molar-refractivity contribution is 7.21. The Labute approximate surface area is 179 Å². The van der Waals surface area contributed by atoms with E-state index < -0.39 is 0 Å². The molecule has 0 saturated carbocycles. The third-order valence-corrected chi connectivity index (χ3v) is 5.83. The number of nitrogens with one attached hydrogen (secondary N) is 1. The fraction of sp³-hybridized carbons (Fsp3) is 0.167. The van der Waals surface area contributed by atoms with Gasteiger partial charge in [-0.2, -0.15) is 0 Å². The average Bonchev–Trinajstić information content (AvgIpc) is 3.12. The molecule has 3 aromatic carbocycles. The number of hydrogen-bond donors (Lipinski definition) is 2. The molecule has 0 spiro atoms. The number of fused-ring (bicyclic) bond motifs is 1. The van der Waals surface area contributed by atoms with Gasteiger partial charge in [-0.3, -0.25) is 4.79 Å². The van der Waals surface area contributed by atoms with Crippen LogP contribution in [0.1, 0.15) is 16.7 Å². The number of phenols is 1. The van der Waals surface area contributed by atoms with E-state index in [9.17, 15) is 9.90 Å². The van der Waals surface area contributed by atoms with Crippen LogP contribution in [0.25, 0.3) is 20.8 Å². The van der Waals surface area contributed by atoms with Crippen LogP contribution in [0.5, 0.6) is 11.5 Å². The maximum atomic E-state index is 12.4. The Balaban J connectivity index is 1.50. The van der Waals surface area contributed by atoms with Gasteiger partial charge in [-0.05, 0) is 62.2 Å². The van der Waals surface area contributed by atoms with Crippen LogP contribution in [0.3, 0.4) is 0 Å². The molecule has 6 heteroatoms. The Morgan fingerprint density at radius 1 is 1.07 bits per heavy atom. The molecule has 0 unspecified atom stereocenters. The van der Waals surface area contributed by atoms with E-state index in [0.29, 0.717) is 16.3 Å². The molecule has 30 heavy (non-hydrogen) atoms. The Morgan fingerprint density at radius 3 is 2.53 bits per heavy atom. The third-order valence-electron chi connectivity index (χ3n) is 4.76. The zero-order valence-corrected chi connectivity index (χ0v) is 17.8. The van der Waals surface area contributed by atoms with Gasteiger partial charge in [-0.25, -0.2) is 4.98 Å². The molecule has 1 heterocycles. The second-order valence-electron chi connectivity index (χ2n) is 7.28. The number of anilines is 1. The molecule has 4 aromatic rings. The van der Waals surface area contributed by atoms with Crippen molar-refractivity contribution < 1.29 is 14.6 Å². The van der Waals surface area contributed by atoms with Crippen molar-refractivity contribution in [2.75, 3.05) is 11.9 Å². The summed E-state index contributed by atoms with van der Waals surface area (Å²) in [5.41, 5.74) is 5.20. The lowest BCUT2D eigenvalue weighted by atomic mass is 10.1. The minimum Gasteiger partial charge on any atom is -0.507 e. The van der Waals surface area contributed by atoms with Crippen molar-refractivity contribution in [2.45, 2.75) is 20.8 Å². The standard InChI is InChI=1S/C24H22N2O3S/c1-14-10-15(2)23(16(3)11-14)29-13-22(28)25-17-8-9-20(27)18(12-17)24-26-19-6-4-5-7-21(19)30-24/h4-12,27H,13H2,1-3H3,(H,25,28). The monoisotopic (exact) mass is 418 g/mol. The summed E-state index contributed by atoms with van der Waals surface area (Å²) < 4.78 is 6.80. The van der Waals surface area contributed by atoms with Crippen molar-refractivity contribution in [3.05, 3.63) is 71.3 Å². The second-order valence-corrected chi connectivity index (χ2v) is 8.31. The molecule has 0 radical (unpaired) electrons. The van der Waals surface area contributed by atoms with Gasteiger partial charge in [0.2, 0.25) is 0 Å². The molecule has 0 aliphatic heterocycles. The summed E-state index contributed by atoms with van der Waals surface area (Å²) in [5, 5.41) is 13.8. The Hall–Kier alpha value is -3.38. The predicted molar refractivity (Wildman–Crippen MR) is 121 cm³/mol. The zero-order valence-electron chi connectivity index (χ0n) is 17.0. The summed E-state index contributed by atoms with van der Waals surface area (Å²) in [6.07, 6.45) is 0. The van der Waals surface area contributed by atoms with Gasteiger partial charge in [0.05, 0.1) is 15.8 Å². The van der Waals surface area contributed by atoms with Crippen molar-refractivity contribution in [1.29, 1.82) is 0 Å². The Bertz CT molecular complexity index is 1190. The molecule has 0 fully saturated rings. The van der Waals surface area contributed by atoms with Gasteiger partial charge < -0.3 is 15.2 Å². The number of phenolic OH excluding ortho intramolecular Hbond substituents is 1. The number of ether oxygens (including phenoxy) is 1. The van der Waals surface area contributed by atoms with Crippen molar-refractivity contribution in [2.24, 2.45) is 0 Å². The van der Waals surface area contributed by atoms with Crippen LogP contribution in [0.2, 0.25) is 0 Å². The molecule has 0 bridgehead atoms. The van der Waals surface area contributed by atoms with E-state index in [0.717, 1.165) is 32.7 Å². The van der Waals surface area contributed by atoms with Gasteiger partial charge in [0, 0.05) is 5.69 Å². The highest BCUT2D eigenvalue weighted by Gasteiger charge is 2.13. The smallest absolute Gasteiger partial charge is 0.262 e. The number of benzene rings is 3. The van der Waals surface area contributed by atoms with Crippen LogP contribution >= 0.6 is 11.3 Å². The number of thiazole rings is 1. The maximum absolute atomic E-state index is 12.4. The summed E-state index contributed by atoms with van der Waals surface area (Å²) >= 11 is 1.50. The van der Waals surface area contributed by atoms with Crippen LogP contribution in [0, 0.1) is 20.8 Å². The van der Waals surface area contributed by atoms with Gasteiger partial charge in [-0.1, -0.05) is 29.8 Å². The minimum absolute atomic E-state index is 0.0952. The van der Waals surface area contributed by atoms with Crippen molar-refractivity contribution in [1.82, 2.24) is 4.98 Å². The maximum Gasteiger partial charge on any atom is 0.262 e. The van der Waals surface area contributed by atoms with E-state index in [-0.39, 0.29) is 18.3 Å². The van der Waals surface area contributed by atoms with E-state index in [1.165, 1.54) is 11.3 Å². The topological polar surface area (TPSA) is 71.5 Å². The van der Waals surface area contributed by atoms with Crippen molar-refractivity contribution in [3.8, 4) is 22.1 Å². The van der Waals surface area contributed by atoms with Crippen LogP contribution in [-0.2, 0) is 4.79 Å². The molecule has 0 saturated heterocycles. The van der Waals surface area contributed by atoms with E-state index in [1.54, 1.807) is 18.2 Å². The number of aromatic nitrogens is 1. The molecule has 1 aromatic heterocycles. The predicted octanol–water partition coefficient (Wildman–Crippen LogP) is 5.61. The van der Waals surface area contributed by atoms with Gasteiger partial charge in [0.1, 0.15) is 16.5 Å². The summed E-state index contributed by atoms with van der Waals surface area (Å²) in [7, 11) is 0. The number of hydrogen-bond acceptors (Lipinski definition) is 5. The quantitative estimate of drug-likeness (QED) is 0.413. The third kappa shape index (κ3) is 4.14. The number of rotatable bonds is 5. The molecular formula is C24H22N2O3S. The molecule has 0 atom stereocenters. The average molecular weight is 419 g/mol. The lowest BCUT2D eigenvalue weighted by Crippen LogP contribution is -2.20. The Kier molecular flexibility index (Phi) is 5.42. The molecule has 0 aliphatic rings. The van der Waals surface area contributed by atoms with E-state index in [2.05, 4.69) is 10.3 Å². The molecule has 5 nitrogen and oxygen atoms in total. The molecule has 4 rings (SSSR count). The lowest BCUT2D eigenvalue weighted by Gasteiger charge is -2.13. The number of aryl methyl sites for hydroxylation is 3. The lowest BCUT2D eigenvalue weighted by molar-refractivity contribution is -0.118. The fourth-order valence-corrected chi connectivity index (χ4v) is 4.49. The molecule has 2 N–H and O–H groups in total. The number of para-hydroxylation sites is 1. The molecular weight excluding hydrogens is 396 g/mol. The number of nitrogens with zero attached hydrogens (tertiary/aromatic N) is 1. The van der Waals surface area contributed by atoms with E-state index in [1.807, 2.05) is 57.2 Å². The first-order chi connectivity index (χ1) is 14.4. The SMILES string of the molecule is Cc1cc(C)c(OCC(=O)Nc2ccc(O)c(-c3nc4ccccc4s3)c2)c(C)c1. The molecule has 1 amide bonds. The summed E-state index contributed by atoms with van der Waals surface area (Å²) in [6.45, 7) is 5.88. The van der Waals surface area contributed by atoms with Crippen LogP contribution in [0.15, 0.2) is 54.6 Å². The van der Waals surface area contributed by atoms with Gasteiger partial charge in [0.15, 0.2) is 6.61 Å². The number of carbonyl (C=O) groups excluding carboxylic acids is 1. The van der Waals surface area contributed by atoms with Crippen LogP contribution < -0.4 is 10.1 Å². The van der Waals surface area contributed by atoms with Crippen LogP contribution in [-0.4, -0.2) is 22.6 Å². The van der Waals surface area contributed by atoms with Crippen molar-refractivity contribution in [3.63, 3.8) is 0 Å². The van der Waals surface area contributed by atoms with Gasteiger partial charge in [-0.15, -0.1) is 11.3 Å². The normalized spacial score (nSPS) is 10.9. The second kappa shape index (κ2) is 8.16. The zero-order chi connectivity index (χ0) is 21.3. The summed E-state index contributed by atoms with van der Waals surface area (Å²) in [5.74, 6) is 0.584. The summed E-state index contributed by atoms with van der Waals surface area (Å²) in [4.78, 5) is 17.0. The largest absolute Gasteiger partial charge is 0.507 e. The first-order valence-corrected chi connectivity index (χ1v) is 10.4. The van der Waals surface area contributed by atoms with E-state index >= 15 is 0 Å². The highest BCUT2D eigenvalue weighted by atomic mass is 32.1. The Morgan fingerprint density at radius 2 is 1.80 bits per heavy atom. The fourth-order valence-electron chi connectivity index (χ4n) is 3.50. The highest BCUT2D eigenvalue weighted by Crippen LogP contribution is 2.36.